The van der Waals surface area contributed by atoms with Gasteiger partial charge in [0.2, 0.25) is 0 Å². The van der Waals surface area contributed by atoms with Crippen LogP contribution in [0.25, 0.3) is 0 Å². The Kier molecular flexibility index (Phi) is 2.61. The van der Waals surface area contributed by atoms with Gasteiger partial charge in [0, 0.05) is 26.2 Å². The van der Waals surface area contributed by atoms with Crippen LogP contribution >= 0.6 is 10.2 Å². The lowest BCUT2D eigenvalue weighted by molar-refractivity contribution is 0.390. The van der Waals surface area contributed by atoms with Gasteiger partial charge in [0.1, 0.15) is 0 Å². The van der Waals surface area contributed by atoms with E-state index in [9.17, 15) is 0 Å². The van der Waals surface area contributed by atoms with Gasteiger partial charge in [0.05, 0.1) is 0 Å². The molecule has 0 atom stereocenters. The summed E-state index contributed by atoms with van der Waals surface area (Å²) >= 11 is 0. The van der Waals surface area contributed by atoms with Gasteiger partial charge in [-0.2, -0.15) is 10.2 Å². The van der Waals surface area contributed by atoms with Gasteiger partial charge < -0.3 is 5.32 Å². The summed E-state index contributed by atoms with van der Waals surface area (Å²) in [7, 11) is -0.433. The van der Waals surface area contributed by atoms with Crippen molar-refractivity contribution in [3.05, 3.63) is 0 Å². The minimum Gasteiger partial charge on any atom is -0.314 e. The van der Waals surface area contributed by atoms with Crippen molar-refractivity contribution in [1.29, 1.82) is 0 Å². The number of nitrogens with zero attached hydrogens (tertiary/aromatic N) is 1. The van der Waals surface area contributed by atoms with Crippen LogP contribution in [0.1, 0.15) is 0 Å². The molecule has 0 unspecified atom stereocenters. The van der Waals surface area contributed by atoms with E-state index < -0.39 is 10.2 Å². The Balaban J connectivity index is 2.39. The average Bonchev–Trinajstić information content (AvgIpc) is 1.88. The summed E-state index contributed by atoms with van der Waals surface area (Å²) in [4.78, 5) is 0. The van der Waals surface area contributed by atoms with Gasteiger partial charge in [-0.1, -0.05) is 0 Å². The van der Waals surface area contributed by atoms with Crippen molar-refractivity contribution >= 4 is 10.2 Å². The Morgan fingerprint density at radius 3 is 1.90 bits per heavy atom. The maximum absolute atomic E-state index is 3.36. The van der Waals surface area contributed by atoms with Crippen molar-refractivity contribution in [2.75, 3.05) is 44.9 Å². The third-order valence-electron chi connectivity index (χ3n) is 1.85. The largest absolute Gasteiger partial charge is 0.314 e. The molecular weight excluding hydrogens is 144 g/mol. The second kappa shape index (κ2) is 3.11. The molecular formula is C7H18N2S. The van der Waals surface area contributed by atoms with E-state index in [1.54, 1.807) is 0 Å². The summed E-state index contributed by atoms with van der Waals surface area (Å²) in [6, 6.07) is 0. The van der Waals surface area contributed by atoms with Crippen molar-refractivity contribution in [2.45, 2.75) is 0 Å². The molecule has 0 radical (unpaired) electrons. The zero-order valence-corrected chi connectivity index (χ0v) is 8.00. The van der Waals surface area contributed by atoms with Crippen LogP contribution in [0.15, 0.2) is 0 Å². The molecule has 0 bridgehead atoms. The predicted octanol–water partition coefficient (Wildman–Crippen LogP) is 0.501. The van der Waals surface area contributed by atoms with Crippen molar-refractivity contribution in [3.8, 4) is 0 Å². The van der Waals surface area contributed by atoms with Crippen LogP contribution in [0.3, 0.4) is 0 Å². The minimum atomic E-state index is -0.433. The van der Waals surface area contributed by atoms with Gasteiger partial charge >= 0.3 is 0 Å². The maximum atomic E-state index is 3.36. The van der Waals surface area contributed by atoms with E-state index in [2.05, 4.69) is 28.4 Å². The molecule has 2 nitrogen and oxygen atoms in total. The van der Waals surface area contributed by atoms with Crippen LogP contribution in [-0.2, 0) is 0 Å². The Hall–Kier alpha value is 0.270. The molecule has 0 aliphatic carbocycles. The maximum Gasteiger partial charge on any atom is 0.0200 e. The van der Waals surface area contributed by atoms with E-state index in [0.29, 0.717) is 0 Å². The quantitative estimate of drug-likeness (QED) is 0.604. The molecule has 0 amide bonds. The highest BCUT2D eigenvalue weighted by molar-refractivity contribution is 8.30. The second-order valence-electron chi connectivity index (χ2n) is 3.45. The highest BCUT2D eigenvalue weighted by Gasteiger charge is 2.17. The Morgan fingerprint density at radius 2 is 1.60 bits per heavy atom. The lowest BCUT2D eigenvalue weighted by Gasteiger charge is -2.42. The number of piperazine rings is 1. The Labute approximate surface area is 65.4 Å². The van der Waals surface area contributed by atoms with Gasteiger partial charge in [-0.05, 0) is 18.8 Å². The molecule has 0 saturated carbocycles. The number of nitrogens with one attached hydrogen (secondary N) is 1. The van der Waals surface area contributed by atoms with Gasteiger partial charge in [0.25, 0.3) is 0 Å². The Bertz CT molecular complexity index is 103. The number of hydrogen-bond acceptors (Lipinski definition) is 2. The van der Waals surface area contributed by atoms with Crippen molar-refractivity contribution < 1.29 is 0 Å². The first kappa shape index (κ1) is 8.37. The van der Waals surface area contributed by atoms with E-state index in [0.717, 1.165) is 0 Å². The molecule has 1 heterocycles. The molecule has 1 saturated heterocycles. The van der Waals surface area contributed by atoms with E-state index in [1.807, 2.05) is 0 Å². The third kappa shape index (κ3) is 2.15. The topological polar surface area (TPSA) is 15.3 Å². The number of hydrogen-bond donors (Lipinski definition) is 1. The lowest BCUT2D eigenvalue weighted by Crippen LogP contribution is -2.43. The van der Waals surface area contributed by atoms with Crippen LogP contribution in [0.2, 0.25) is 0 Å². The highest BCUT2D eigenvalue weighted by atomic mass is 32.3. The zero-order valence-electron chi connectivity index (χ0n) is 7.18. The first-order chi connectivity index (χ1) is 4.61. The first-order valence-electron chi connectivity index (χ1n) is 3.75. The van der Waals surface area contributed by atoms with Crippen molar-refractivity contribution in [3.63, 3.8) is 0 Å². The van der Waals surface area contributed by atoms with Crippen molar-refractivity contribution in [2.24, 2.45) is 0 Å². The predicted molar refractivity (Wildman–Crippen MR) is 49.8 cm³/mol. The zero-order chi connectivity index (χ0) is 7.61. The van der Waals surface area contributed by atoms with Crippen LogP contribution in [0.4, 0.5) is 0 Å². The fourth-order valence-corrected chi connectivity index (χ4v) is 2.47. The minimum absolute atomic E-state index is 0.433. The highest BCUT2D eigenvalue weighted by Crippen LogP contribution is 2.39. The monoisotopic (exact) mass is 162 g/mol. The molecule has 1 rings (SSSR count). The summed E-state index contributed by atoms with van der Waals surface area (Å²) < 4.78 is 2.60. The lowest BCUT2D eigenvalue weighted by atomic mass is 10.4. The van der Waals surface area contributed by atoms with Crippen molar-refractivity contribution in [1.82, 2.24) is 9.62 Å². The summed E-state index contributed by atoms with van der Waals surface area (Å²) in [6.07, 6.45) is 7.08. The summed E-state index contributed by atoms with van der Waals surface area (Å²) in [5.74, 6) is 0. The molecule has 3 heteroatoms. The molecule has 62 valence electrons. The fourth-order valence-electron chi connectivity index (χ4n) is 1.19. The molecule has 1 aliphatic heterocycles. The van der Waals surface area contributed by atoms with Crippen LogP contribution in [0, 0.1) is 0 Å². The van der Waals surface area contributed by atoms with Gasteiger partial charge in [-0.25, -0.2) is 0 Å². The fraction of sp³-hybridized carbons (Fsp3) is 1.00. The van der Waals surface area contributed by atoms with Gasteiger partial charge in [-0.3, -0.25) is 4.31 Å². The van der Waals surface area contributed by atoms with Crippen LogP contribution in [0.5, 0.6) is 0 Å². The molecule has 0 aromatic rings. The molecule has 0 spiro atoms. The van der Waals surface area contributed by atoms with E-state index in [1.165, 1.54) is 26.2 Å². The molecule has 1 N–H and O–H groups in total. The summed E-state index contributed by atoms with van der Waals surface area (Å²) in [5, 5.41) is 3.36. The second-order valence-corrected chi connectivity index (χ2v) is 7.51. The van der Waals surface area contributed by atoms with Crippen LogP contribution < -0.4 is 5.32 Å². The molecule has 1 fully saturated rings. The standard InChI is InChI=1S/C7H18N2S/c1-10(2,3)9-6-4-8-5-7-9/h8H,4-7H2,1-3H3. The molecule has 10 heavy (non-hydrogen) atoms. The smallest absolute Gasteiger partial charge is 0.0200 e. The first-order valence-corrected chi connectivity index (χ1v) is 6.56. The molecule has 1 aliphatic rings. The summed E-state index contributed by atoms with van der Waals surface area (Å²) in [5.41, 5.74) is 0. The van der Waals surface area contributed by atoms with Gasteiger partial charge in [0.15, 0.2) is 0 Å². The van der Waals surface area contributed by atoms with E-state index >= 15 is 0 Å². The third-order valence-corrected chi connectivity index (χ3v) is 3.76. The average molecular weight is 162 g/mol. The van der Waals surface area contributed by atoms with Gasteiger partial charge in [-0.15, -0.1) is 0 Å². The molecule has 0 aromatic heterocycles. The van der Waals surface area contributed by atoms with Crippen LogP contribution in [-0.4, -0.2) is 49.3 Å². The normalized spacial score (nSPS) is 24.7. The summed E-state index contributed by atoms with van der Waals surface area (Å²) in [6.45, 7) is 4.81. The number of rotatable bonds is 1. The van der Waals surface area contributed by atoms with E-state index in [4.69, 9.17) is 0 Å². The SMILES string of the molecule is CS(C)(C)N1CCNCC1. The molecule has 0 aromatic carbocycles. The van der Waals surface area contributed by atoms with E-state index in [-0.39, 0.29) is 0 Å². The Morgan fingerprint density at radius 1 is 1.10 bits per heavy atom.